The van der Waals surface area contributed by atoms with Crippen LogP contribution < -0.4 is 10.1 Å². The Morgan fingerprint density at radius 2 is 1.94 bits per heavy atom. The molecule has 1 aliphatic rings. The van der Waals surface area contributed by atoms with Crippen LogP contribution in [0.4, 0.5) is 5.00 Å². The van der Waals surface area contributed by atoms with Gasteiger partial charge in [0.15, 0.2) is 0 Å². The lowest BCUT2D eigenvalue weighted by Gasteiger charge is -2.30. The molecule has 0 saturated carbocycles. The van der Waals surface area contributed by atoms with E-state index in [1.54, 1.807) is 6.92 Å². The number of nitrogens with one attached hydrogen (secondary N) is 1. The zero-order valence-electron chi connectivity index (χ0n) is 19.3. The van der Waals surface area contributed by atoms with Crippen LogP contribution in [0.1, 0.15) is 49.9 Å². The van der Waals surface area contributed by atoms with E-state index in [1.165, 1.54) is 11.3 Å². The molecule has 3 rings (SSSR count). The number of benzene rings is 1. The molecule has 176 valence electrons. The monoisotopic (exact) mass is 469 g/mol. The van der Waals surface area contributed by atoms with Crippen molar-refractivity contribution in [3.63, 3.8) is 0 Å². The van der Waals surface area contributed by atoms with Crippen molar-refractivity contribution in [1.82, 2.24) is 4.90 Å². The molecule has 1 aromatic carbocycles. The number of ether oxygens (including phenoxy) is 2. The van der Waals surface area contributed by atoms with Gasteiger partial charge in [0.05, 0.1) is 19.3 Å². The minimum atomic E-state index is -0.443. The van der Waals surface area contributed by atoms with Gasteiger partial charge in [0.1, 0.15) is 16.3 Å². The molecule has 7 nitrogen and oxygen atoms in total. The summed E-state index contributed by atoms with van der Waals surface area (Å²) in [4.78, 5) is 28.0. The summed E-state index contributed by atoms with van der Waals surface area (Å²) in [6.07, 6.45) is 2.91. The first-order chi connectivity index (χ1) is 16.1. The summed E-state index contributed by atoms with van der Waals surface area (Å²) in [5.74, 6) is 0.154. The van der Waals surface area contributed by atoms with E-state index in [2.05, 4.69) is 23.2 Å². The first kappa shape index (κ1) is 24.7. The zero-order chi connectivity index (χ0) is 23.6. The van der Waals surface area contributed by atoms with Crippen molar-refractivity contribution in [3.8, 4) is 22.9 Å². The summed E-state index contributed by atoms with van der Waals surface area (Å²) in [6, 6.07) is 9.77. The van der Waals surface area contributed by atoms with Crippen molar-refractivity contribution < 1.29 is 19.1 Å². The van der Waals surface area contributed by atoms with E-state index < -0.39 is 5.97 Å². The average molecular weight is 470 g/mol. The topological polar surface area (TPSA) is 91.7 Å². The van der Waals surface area contributed by atoms with Crippen LogP contribution in [-0.4, -0.2) is 49.6 Å². The Bertz CT molecular complexity index is 973. The third kappa shape index (κ3) is 6.56. The molecule has 0 aliphatic carbocycles. The minimum Gasteiger partial charge on any atom is -0.494 e. The van der Waals surface area contributed by atoms with E-state index in [9.17, 15) is 9.59 Å². The molecule has 0 unspecified atom stereocenters. The Balaban J connectivity index is 1.74. The predicted molar refractivity (Wildman–Crippen MR) is 130 cm³/mol. The van der Waals surface area contributed by atoms with E-state index in [4.69, 9.17) is 14.7 Å². The number of nitriles is 1. The normalized spacial score (nSPS) is 14.5. The summed E-state index contributed by atoms with van der Waals surface area (Å²) in [5.41, 5.74) is 2.00. The number of esters is 1. The second-order valence-electron chi connectivity index (χ2n) is 7.96. The number of thiophene rings is 1. The van der Waals surface area contributed by atoms with Gasteiger partial charge in [-0.05, 0) is 57.0 Å². The summed E-state index contributed by atoms with van der Waals surface area (Å²) in [6.45, 7) is 7.07. The molecule has 1 aromatic heterocycles. The number of amides is 1. The highest BCUT2D eigenvalue weighted by atomic mass is 32.1. The molecule has 1 aliphatic heterocycles. The van der Waals surface area contributed by atoms with Gasteiger partial charge < -0.3 is 19.7 Å². The van der Waals surface area contributed by atoms with Gasteiger partial charge in [0.2, 0.25) is 5.91 Å². The number of nitrogens with zero attached hydrogens (tertiary/aromatic N) is 2. The van der Waals surface area contributed by atoms with Crippen LogP contribution in [0.5, 0.6) is 5.75 Å². The highest BCUT2D eigenvalue weighted by Crippen LogP contribution is 2.37. The molecule has 1 amide bonds. The molecule has 2 heterocycles. The van der Waals surface area contributed by atoms with Crippen molar-refractivity contribution in [1.29, 1.82) is 5.26 Å². The minimum absolute atomic E-state index is 0.0720. The Morgan fingerprint density at radius 1 is 1.21 bits per heavy atom. The van der Waals surface area contributed by atoms with E-state index >= 15 is 0 Å². The summed E-state index contributed by atoms with van der Waals surface area (Å²) < 4.78 is 11.0. The van der Waals surface area contributed by atoms with Gasteiger partial charge in [-0.2, -0.15) is 5.26 Å². The molecule has 0 radical (unpaired) electrons. The fourth-order valence-electron chi connectivity index (χ4n) is 3.86. The summed E-state index contributed by atoms with van der Waals surface area (Å²) in [5, 5.41) is 14.2. The molecule has 0 atom stereocenters. The number of rotatable bonds is 10. The molecule has 0 bridgehead atoms. The van der Waals surface area contributed by atoms with Crippen molar-refractivity contribution in [3.05, 3.63) is 35.2 Å². The molecule has 8 heteroatoms. The summed E-state index contributed by atoms with van der Waals surface area (Å²) in [7, 11) is 0. The number of carbonyl (C=O) groups excluding carboxylic acids is 2. The Labute approximate surface area is 199 Å². The summed E-state index contributed by atoms with van der Waals surface area (Å²) >= 11 is 1.34. The van der Waals surface area contributed by atoms with Crippen LogP contribution in [0, 0.1) is 17.2 Å². The maximum Gasteiger partial charge on any atom is 0.341 e. The lowest BCUT2D eigenvalue weighted by Crippen LogP contribution is -2.38. The van der Waals surface area contributed by atoms with Crippen LogP contribution in [0.25, 0.3) is 11.1 Å². The molecule has 1 N–H and O–H groups in total. The Hall–Kier alpha value is -2.89. The molecule has 1 fully saturated rings. The number of piperidine rings is 1. The van der Waals surface area contributed by atoms with Crippen LogP contribution in [0.2, 0.25) is 0 Å². The number of anilines is 1. The molecule has 33 heavy (non-hydrogen) atoms. The van der Waals surface area contributed by atoms with E-state index in [-0.39, 0.29) is 18.4 Å². The van der Waals surface area contributed by atoms with Crippen molar-refractivity contribution in [2.45, 2.75) is 39.5 Å². The van der Waals surface area contributed by atoms with Gasteiger partial charge in [-0.3, -0.25) is 4.79 Å². The highest BCUT2D eigenvalue weighted by molar-refractivity contribution is 7.15. The van der Waals surface area contributed by atoms with Crippen LogP contribution in [0.15, 0.2) is 29.6 Å². The molecule has 0 spiro atoms. The zero-order valence-corrected chi connectivity index (χ0v) is 20.1. The standard InChI is InChI=1S/C25H31N3O4S/c1-3-16-32-20-8-6-18(7-9-20)21-17-33-24(22(21)25(30)31-4-2)27-23(29)19-10-14-28(15-11-19)13-5-12-26/h6-9,17,19H,3-5,10-11,13-16H2,1-2H3,(H,27,29). The number of hydrogen-bond donors (Lipinski definition) is 1. The third-order valence-corrected chi connectivity index (χ3v) is 6.54. The van der Waals surface area contributed by atoms with Gasteiger partial charge in [0, 0.05) is 29.8 Å². The first-order valence-electron chi connectivity index (χ1n) is 11.5. The average Bonchev–Trinajstić information content (AvgIpc) is 3.25. The third-order valence-electron chi connectivity index (χ3n) is 5.64. The predicted octanol–water partition coefficient (Wildman–Crippen LogP) is 4.94. The molecular formula is C25H31N3O4S. The SMILES string of the molecule is CCCOc1ccc(-c2csc(NC(=O)C3CCN(CCC#N)CC3)c2C(=O)OCC)cc1. The molecule has 1 saturated heterocycles. The second kappa shape index (κ2) is 12.4. The molecular weight excluding hydrogens is 438 g/mol. The highest BCUT2D eigenvalue weighted by Gasteiger charge is 2.28. The fraction of sp³-hybridized carbons (Fsp3) is 0.480. The first-order valence-corrected chi connectivity index (χ1v) is 12.4. The maximum atomic E-state index is 13.0. The van der Waals surface area contributed by atoms with Crippen molar-refractivity contribution in [2.75, 3.05) is 38.2 Å². The van der Waals surface area contributed by atoms with E-state index in [0.717, 1.165) is 55.8 Å². The van der Waals surface area contributed by atoms with Crippen LogP contribution in [-0.2, 0) is 9.53 Å². The lowest BCUT2D eigenvalue weighted by atomic mass is 9.95. The largest absolute Gasteiger partial charge is 0.494 e. The number of carbonyl (C=O) groups is 2. The quantitative estimate of drug-likeness (QED) is 0.495. The van der Waals surface area contributed by atoms with Crippen molar-refractivity contribution in [2.24, 2.45) is 5.92 Å². The fourth-order valence-corrected chi connectivity index (χ4v) is 4.82. The maximum absolute atomic E-state index is 13.0. The van der Waals surface area contributed by atoms with Crippen LogP contribution >= 0.6 is 11.3 Å². The number of hydrogen-bond acceptors (Lipinski definition) is 7. The van der Waals surface area contributed by atoms with E-state index in [1.807, 2.05) is 29.6 Å². The van der Waals surface area contributed by atoms with Gasteiger partial charge in [-0.1, -0.05) is 19.1 Å². The van der Waals surface area contributed by atoms with Crippen LogP contribution in [0.3, 0.4) is 0 Å². The number of likely N-dealkylation sites (tertiary alicyclic amines) is 1. The van der Waals surface area contributed by atoms with Gasteiger partial charge >= 0.3 is 5.97 Å². The van der Waals surface area contributed by atoms with Gasteiger partial charge in [-0.15, -0.1) is 11.3 Å². The van der Waals surface area contributed by atoms with Crippen molar-refractivity contribution >= 4 is 28.2 Å². The second-order valence-corrected chi connectivity index (χ2v) is 8.84. The Kier molecular flexibility index (Phi) is 9.28. The van der Waals surface area contributed by atoms with E-state index in [0.29, 0.717) is 23.6 Å². The van der Waals surface area contributed by atoms with Gasteiger partial charge in [0.25, 0.3) is 0 Å². The molecule has 2 aromatic rings. The Morgan fingerprint density at radius 3 is 2.58 bits per heavy atom. The van der Waals surface area contributed by atoms with Gasteiger partial charge in [-0.25, -0.2) is 4.79 Å². The lowest BCUT2D eigenvalue weighted by molar-refractivity contribution is -0.121. The smallest absolute Gasteiger partial charge is 0.341 e.